The highest BCUT2D eigenvalue weighted by molar-refractivity contribution is 5.78. The Hall–Kier alpha value is -0.650. The van der Waals surface area contributed by atoms with Crippen molar-refractivity contribution >= 4 is 5.97 Å². The van der Waals surface area contributed by atoms with Crippen LogP contribution in [-0.4, -0.2) is 72.7 Å². The van der Waals surface area contributed by atoms with Gasteiger partial charge < -0.3 is 14.9 Å². The average Bonchev–Trinajstić information content (AvgIpc) is 3.08. The molecule has 1 aliphatic carbocycles. The molecule has 0 aliphatic heterocycles. The summed E-state index contributed by atoms with van der Waals surface area (Å²) in [5.74, 6) is -0.743. The van der Waals surface area contributed by atoms with Crippen molar-refractivity contribution in [3.63, 3.8) is 0 Å². The van der Waals surface area contributed by atoms with Crippen molar-refractivity contribution in [2.75, 3.05) is 34.2 Å². The average molecular weight is 271 g/mol. The Morgan fingerprint density at radius 3 is 2.37 bits per heavy atom. The van der Waals surface area contributed by atoms with Crippen molar-refractivity contribution in [3.05, 3.63) is 0 Å². The van der Waals surface area contributed by atoms with Gasteiger partial charge in [0.05, 0.1) is 0 Å². The summed E-state index contributed by atoms with van der Waals surface area (Å²) in [5, 5.41) is 12.7. The molecule has 2 unspecified atom stereocenters. The number of carboxylic acids is 1. The highest BCUT2D eigenvalue weighted by Gasteiger charge is 2.39. The Labute approximate surface area is 117 Å². The van der Waals surface area contributed by atoms with E-state index in [1.807, 2.05) is 6.92 Å². The van der Waals surface area contributed by atoms with Gasteiger partial charge in [0.1, 0.15) is 5.54 Å². The normalized spacial score (nSPS) is 20.6. The lowest BCUT2D eigenvalue weighted by atomic mass is 9.93. The minimum atomic E-state index is -0.813. The highest BCUT2D eigenvalue weighted by Crippen LogP contribution is 2.25. The molecule has 5 nitrogen and oxygen atoms in total. The van der Waals surface area contributed by atoms with Gasteiger partial charge >= 0.3 is 5.97 Å². The largest absolute Gasteiger partial charge is 0.480 e. The van der Waals surface area contributed by atoms with Crippen LogP contribution in [0.5, 0.6) is 0 Å². The number of nitrogens with zero attached hydrogens (tertiary/aromatic N) is 2. The molecule has 1 saturated carbocycles. The molecule has 1 fully saturated rings. The van der Waals surface area contributed by atoms with E-state index in [1.54, 1.807) is 0 Å². The summed E-state index contributed by atoms with van der Waals surface area (Å²) in [7, 11) is 6.16. The minimum absolute atomic E-state index is 0.243. The Kier molecular flexibility index (Phi) is 5.77. The number of hydrogen-bond acceptors (Lipinski definition) is 4. The molecular formula is C14H29N3O2. The van der Waals surface area contributed by atoms with Crippen LogP contribution in [0.2, 0.25) is 0 Å². The summed E-state index contributed by atoms with van der Waals surface area (Å²) in [4.78, 5) is 15.9. The van der Waals surface area contributed by atoms with E-state index in [-0.39, 0.29) is 6.04 Å². The van der Waals surface area contributed by atoms with Gasteiger partial charge in [0.15, 0.2) is 0 Å². The number of nitrogens with one attached hydrogen (secondary N) is 1. The third-order valence-electron chi connectivity index (χ3n) is 3.93. The SMILES string of the molecule is CC(CC(C)(NC1CC1)C(=O)O)N(C)CCN(C)C. The van der Waals surface area contributed by atoms with E-state index in [2.05, 4.69) is 43.2 Å². The van der Waals surface area contributed by atoms with Gasteiger partial charge in [0, 0.05) is 25.2 Å². The molecule has 0 radical (unpaired) electrons. The molecule has 2 atom stereocenters. The van der Waals surface area contributed by atoms with Crippen LogP contribution >= 0.6 is 0 Å². The van der Waals surface area contributed by atoms with E-state index in [0.717, 1.165) is 25.9 Å². The molecule has 0 bridgehead atoms. The monoisotopic (exact) mass is 271 g/mol. The van der Waals surface area contributed by atoms with E-state index >= 15 is 0 Å². The number of likely N-dealkylation sites (N-methyl/N-ethyl adjacent to an activating group) is 2. The van der Waals surface area contributed by atoms with E-state index < -0.39 is 11.5 Å². The van der Waals surface area contributed by atoms with Gasteiger partial charge in [-0.2, -0.15) is 0 Å². The van der Waals surface area contributed by atoms with Gasteiger partial charge in [-0.05, 0) is 54.3 Å². The van der Waals surface area contributed by atoms with Crippen molar-refractivity contribution in [2.24, 2.45) is 0 Å². The molecule has 0 amide bonds. The van der Waals surface area contributed by atoms with Crippen LogP contribution in [0.4, 0.5) is 0 Å². The summed E-state index contributed by atoms with van der Waals surface area (Å²) >= 11 is 0. The molecule has 112 valence electrons. The molecule has 0 aromatic heterocycles. The number of aliphatic carboxylic acids is 1. The first kappa shape index (κ1) is 16.4. The van der Waals surface area contributed by atoms with Crippen molar-refractivity contribution in [2.45, 2.75) is 50.7 Å². The van der Waals surface area contributed by atoms with Crippen molar-refractivity contribution in [1.82, 2.24) is 15.1 Å². The zero-order valence-electron chi connectivity index (χ0n) is 12.9. The van der Waals surface area contributed by atoms with Crippen molar-refractivity contribution < 1.29 is 9.90 Å². The second kappa shape index (κ2) is 6.68. The fourth-order valence-corrected chi connectivity index (χ4v) is 2.21. The topological polar surface area (TPSA) is 55.8 Å². The number of carboxylic acid groups (broad SMARTS) is 1. The first-order valence-corrected chi connectivity index (χ1v) is 7.10. The maximum Gasteiger partial charge on any atom is 0.323 e. The molecule has 0 aromatic rings. The molecule has 0 saturated heterocycles. The lowest BCUT2D eigenvalue weighted by Gasteiger charge is -2.34. The molecule has 2 N–H and O–H groups in total. The zero-order chi connectivity index (χ0) is 14.6. The second-order valence-electron chi connectivity index (χ2n) is 6.39. The first-order valence-electron chi connectivity index (χ1n) is 7.10. The predicted octanol–water partition coefficient (Wildman–Crippen LogP) is 0.854. The third kappa shape index (κ3) is 5.47. The highest BCUT2D eigenvalue weighted by atomic mass is 16.4. The molecule has 0 heterocycles. The molecule has 1 rings (SSSR count). The standard InChI is InChI=1S/C14H29N3O2/c1-11(17(5)9-8-16(3)4)10-14(2,13(18)19)15-12-6-7-12/h11-12,15H,6-10H2,1-5H3,(H,18,19). The van der Waals surface area contributed by atoms with Crippen LogP contribution in [-0.2, 0) is 4.79 Å². The second-order valence-corrected chi connectivity index (χ2v) is 6.39. The quantitative estimate of drug-likeness (QED) is 0.651. The summed E-state index contributed by atoms with van der Waals surface area (Å²) < 4.78 is 0. The van der Waals surface area contributed by atoms with E-state index in [0.29, 0.717) is 12.5 Å². The lowest BCUT2D eigenvalue weighted by Crippen LogP contribution is -2.54. The predicted molar refractivity (Wildman–Crippen MR) is 77.5 cm³/mol. The van der Waals surface area contributed by atoms with Gasteiger partial charge in [0.2, 0.25) is 0 Å². The van der Waals surface area contributed by atoms with Crippen molar-refractivity contribution in [3.8, 4) is 0 Å². The lowest BCUT2D eigenvalue weighted by molar-refractivity contribution is -0.145. The maximum atomic E-state index is 11.5. The summed E-state index contributed by atoms with van der Waals surface area (Å²) in [5.41, 5.74) is -0.813. The summed E-state index contributed by atoms with van der Waals surface area (Å²) in [6.45, 7) is 5.85. The Balaban J connectivity index is 2.49. The summed E-state index contributed by atoms with van der Waals surface area (Å²) in [6.07, 6.45) is 2.84. The Bertz CT molecular complexity index is 305. The van der Waals surface area contributed by atoms with Gasteiger partial charge in [-0.3, -0.25) is 10.1 Å². The van der Waals surface area contributed by atoms with Crippen LogP contribution in [0.25, 0.3) is 0 Å². The maximum absolute atomic E-state index is 11.5. The number of hydrogen-bond donors (Lipinski definition) is 2. The van der Waals surface area contributed by atoms with Crippen molar-refractivity contribution in [1.29, 1.82) is 0 Å². The van der Waals surface area contributed by atoms with Gasteiger partial charge in [0.25, 0.3) is 0 Å². The van der Waals surface area contributed by atoms with Crippen LogP contribution < -0.4 is 5.32 Å². The minimum Gasteiger partial charge on any atom is -0.480 e. The van der Waals surface area contributed by atoms with E-state index in [1.165, 1.54) is 0 Å². The molecule has 5 heteroatoms. The van der Waals surface area contributed by atoms with Crippen LogP contribution in [0.3, 0.4) is 0 Å². The summed E-state index contributed by atoms with van der Waals surface area (Å²) in [6, 6.07) is 0.646. The fraction of sp³-hybridized carbons (Fsp3) is 0.929. The van der Waals surface area contributed by atoms with Gasteiger partial charge in [-0.1, -0.05) is 0 Å². The van der Waals surface area contributed by atoms with Crippen LogP contribution in [0.15, 0.2) is 0 Å². The molecular weight excluding hydrogens is 242 g/mol. The van der Waals surface area contributed by atoms with Crippen LogP contribution in [0, 0.1) is 0 Å². The van der Waals surface area contributed by atoms with E-state index in [4.69, 9.17) is 0 Å². The molecule has 0 spiro atoms. The Morgan fingerprint density at radius 2 is 1.95 bits per heavy atom. The first-order chi connectivity index (χ1) is 8.74. The van der Waals surface area contributed by atoms with E-state index in [9.17, 15) is 9.90 Å². The molecule has 1 aliphatic rings. The third-order valence-corrected chi connectivity index (χ3v) is 3.93. The smallest absolute Gasteiger partial charge is 0.323 e. The molecule has 0 aromatic carbocycles. The number of carbonyl (C=O) groups is 1. The number of rotatable bonds is 9. The Morgan fingerprint density at radius 1 is 1.37 bits per heavy atom. The van der Waals surface area contributed by atoms with Gasteiger partial charge in [-0.25, -0.2) is 0 Å². The fourth-order valence-electron chi connectivity index (χ4n) is 2.21. The van der Waals surface area contributed by atoms with Crippen LogP contribution in [0.1, 0.15) is 33.1 Å². The van der Waals surface area contributed by atoms with Gasteiger partial charge in [-0.15, -0.1) is 0 Å². The molecule has 19 heavy (non-hydrogen) atoms. The zero-order valence-corrected chi connectivity index (χ0v) is 12.9.